The molecule has 0 bridgehead atoms. The average Bonchev–Trinajstić information content (AvgIpc) is 2.42. The van der Waals surface area contributed by atoms with Gasteiger partial charge in [0.2, 0.25) is 0 Å². The second-order valence-electron chi connectivity index (χ2n) is 5.94. The highest BCUT2D eigenvalue weighted by molar-refractivity contribution is 9.10. The molecule has 22 heavy (non-hydrogen) atoms. The summed E-state index contributed by atoms with van der Waals surface area (Å²) < 4.78 is 27.6. The van der Waals surface area contributed by atoms with Crippen LogP contribution in [-0.2, 0) is 15.4 Å². The minimum absolute atomic E-state index is 0.0331. The molecule has 0 aliphatic rings. The van der Waals surface area contributed by atoms with Gasteiger partial charge < -0.3 is 4.98 Å². The summed E-state index contributed by atoms with van der Waals surface area (Å²) in [7, 11) is -3.81. The van der Waals surface area contributed by atoms with E-state index in [2.05, 4.69) is 46.4 Å². The van der Waals surface area contributed by atoms with Crippen molar-refractivity contribution in [3.8, 4) is 0 Å². The molecule has 0 unspecified atom stereocenters. The Morgan fingerprint density at radius 3 is 2.27 bits per heavy atom. The van der Waals surface area contributed by atoms with Gasteiger partial charge >= 0.3 is 0 Å². The van der Waals surface area contributed by atoms with Gasteiger partial charge in [-0.1, -0.05) is 32.9 Å². The zero-order chi connectivity index (χ0) is 16.5. The summed E-state index contributed by atoms with van der Waals surface area (Å²) in [6.07, 6.45) is 1.44. The van der Waals surface area contributed by atoms with Crippen LogP contribution in [0.1, 0.15) is 26.3 Å². The van der Waals surface area contributed by atoms with Gasteiger partial charge in [0.15, 0.2) is 0 Å². The van der Waals surface area contributed by atoms with Crippen LogP contribution in [0.4, 0.5) is 5.69 Å². The van der Waals surface area contributed by atoms with Crippen LogP contribution < -0.4 is 10.3 Å². The number of sulfonamides is 1. The molecule has 2 aromatic rings. The van der Waals surface area contributed by atoms with Crippen LogP contribution in [0.25, 0.3) is 0 Å². The van der Waals surface area contributed by atoms with Gasteiger partial charge in [0.05, 0.1) is 4.90 Å². The van der Waals surface area contributed by atoms with Gasteiger partial charge in [-0.2, -0.15) is 0 Å². The Balaban J connectivity index is 2.35. The first-order chi connectivity index (χ1) is 10.1. The molecular weight excluding hydrogens is 368 g/mol. The SMILES string of the molecule is CC(C)(C)c1ccc(S(=O)(=O)Nc2cc(Br)c[nH]c2=O)cc1. The summed E-state index contributed by atoms with van der Waals surface area (Å²) in [5.74, 6) is 0. The van der Waals surface area contributed by atoms with E-state index in [-0.39, 0.29) is 16.0 Å². The maximum atomic E-state index is 12.3. The molecule has 0 amide bonds. The monoisotopic (exact) mass is 384 g/mol. The summed E-state index contributed by atoms with van der Waals surface area (Å²) in [4.78, 5) is 14.2. The molecule has 0 atom stereocenters. The third kappa shape index (κ3) is 3.78. The number of anilines is 1. The van der Waals surface area contributed by atoms with Crippen molar-refractivity contribution in [3.63, 3.8) is 0 Å². The number of H-pyrrole nitrogens is 1. The molecule has 0 aliphatic carbocycles. The van der Waals surface area contributed by atoms with Crippen LogP contribution >= 0.6 is 15.9 Å². The summed E-state index contributed by atoms with van der Waals surface area (Å²) in [5, 5.41) is 0. The summed E-state index contributed by atoms with van der Waals surface area (Å²) in [6, 6.07) is 8.05. The van der Waals surface area contributed by atoms with Gasteiger partial charge in [-0.3, -0.25) is 9.52 Å². The van der Waals surface area contributed by atoms with E-state index in [0.29, 0.717) is 4.47 Å². The fourth-order valence-corrected chi connectivity index (χ4v) is 3.27. The summed E-state index contributed by atoms with van der Waals surface area (Å²) in [6.45, 7) is 6.15. The molecule has 2 rings (SSSR count). The average molecular weight is 385 g/mol. The predicted molar refractivity (Wildman–Crippen MR) is 90.7 cm³/mol. The van der Waals surface area contributed by atoms with Gasteiger partial charge in [-0.05, 0) is 45.1 Å². The third-order valence-electron chi connectivity index (χ3n) is 3.14. The van der Waals surface area contributed by atoms with E-state index in [0.717, 1.165) is 5.56 Å². The zero-order valence-corrected chi connectivity index (χ0v) is 14.9. The van der Waals surface area contributed by atoms with E-state index < -0.39 is 15.6 Å². The smallest absolute Gasteiger partial charge is 0.272 e. The lowest BCUT2D eigenvalue weighted by Gasteiger charge is -2.19. The first kappa shape index (κ1) is 16.8. The molecule has 1 heterocycles. The van der Waals surface area contributed by atoms with E-state index in [1.807, 2.05) is 0 Å². The number of benzene rings is 1. The fourth-order valence-electron chi connectivity index (χ4n) is 1.87. The molecule has 0 aliphatic heterocycles. The van der Waals surface area contributed by atoms with Crippen LogP contribution in [0.15, 0.2) is 50.7 Å². The topological polar surface area (TPSA) is 79.0 Å². The molecule has 7 heteroatoms. The van der Waals surface area contributed by atoms with Gasteiger partial charge in [0.25, 0.3) is 15.6 Å². The van der Waals surface area contributed by atoms with Gasteiger partial charge in [-0.25, -0.2) is 8.42 Å². The van der Waals surface area contributed by atoms with E-state index in [9.17, 15) is 13.2 Å². The summed E-state index contributed by atoms with van der Waals surface area (Å²) >= 11 is 3.19. The highest BCUT2D eigenvalue weighted by Crippen LogP contribution is 2.24. The van der Waals surface area contributed by atoms with Crippen LogP contribution in [0.5, 0.6) is 0 Å². The van der Waals surface area contributed by atoms with Gasteiger partial charge in [-0.15, -0.1) is 0 Å². The van der Waals surface area contributed by atoms with E-state index >= 15 is 0 Å². The van der Waals surface area contributed by atoms with Gasteiger partial charge in [0.1, 0.15) is 5.69 Å². The minimum atomic E-state index is -3.81. The molecular formula is C15H17BrN2O3S. The van der Waals surface area contributed by atoms with Crippen molar-refractivity contribution in [2.24, 2.45) is 0 Å². The lowest BCUT2D eigenvalue weighted by atomic mass is 9.87. The molecule has 0 spiro atoms. The first-order valence-corrected chi connectivity index (χ1v) is 8.89. The fraction of sp³-hybridized carbons (Fsp3) is 0.267. The Hall–Kier alpha value is -1.60. The number of rotatable bonds is 3. The molecule has 0 fully saturated rings. The Kier molecular flexibility index (Phi) is 4.49. The predicted octanol–water partition coefficient (Wildman–Crippen LogP) is 3.24. The van der Waals surface area contributed by atoms with Crippen molar-refractivity contribution in [3.05, 3.63) is 56.9 Å². The Morgan fingerprint density at radius 1 is 1.14 bits per heavy atom. The molecule has 5 nitrogen and oxygen atoms in total. The minimum Gasteiger partial charge on any atom is -0.326 e. The highest BCUT2D eigenvalue weighted by atomic mass is 79.9. The molecule has 1 aromatic carbocycles. The van der Waals surface area contributed by atoms with Crippen molar-refractivity contribution < 1.29 is 8.42 Å². The van der Waals surface area contributed by atoms with Crippen molar-refractivity contribution in [2.75, 3.05) is 4.72 Å². The summed E-state index contributed by atoms with van der Waals surface area (Å²) in [5.41, 5.74) is 0.441. The maximum absolute atomic E-state index is 12.3. The number of hydrogen-bond acceptors (Lipinski definition) is 3. The molecule has 0 saturated carbocycles. The first-order valence-electron chi connectivity index (χ1n) is 6.61. The molecule has 2 N–H and O–H groups in total. The number of pyridine rings is 1. The van der Waals surface area contributed by atoms with Crippen LogP contribution in [0, 0.1) is 0 Å². The molecule has 118 valence electrons. The number of hydrogen-bond donors (Lipinski definition) is 2. The van der Waals surface area contributed by atoms with Crippen LogP contribution in [0.2, 0.25) is 0 Å². The van der Waals surface area contributed by atoms with Crippen LogP contribution in [-0.4, -0.2) is 13.4 Å². The van der Waals surface area contributed by atoms with Crippen molar-refractivity contribution in [2.45, 2.75) is 31.1 Å². The van der Waals surface area contributed by atoms with E-state index in [1.165, 1.54) is 24.4 Å². The number of halogens is 1. The molecule has 1 aromatic heterocycles. The van der Waals surface area contributed by atoms with E-state index in [1.54, 1.807) is 12.1 Å². The Bertz CT molecular complexity index is 834. The normalized spacial score (nSPS) is 12.2. The lowest BCUT2D eigenvalue weighted by Crippen LogP contribution is -2.20. The highest BCUT2D eigenvalue weighted by Gasteiger charge is 2.18. The number of aromatic nitrogens is 1. The standard InChI is InChI=1S/C15H17BrN2O3S/c1-15(2,3)10-4-6-12(7-5-10)22(20,21)18-13-8-11(16)9-17-14(13)19/h4-9,18H,1-3H3,(H,17,19). The van der Waals surface area contributed by atoms with Gasteiger partial charge in [0, 0.05) is 10.7 Å². The molecule has 0 saturated heterocycles. The van der Waals surface area contributed by atoms with Crippen LogP contribution in [0.3, 0.4) is 0 Å². The zero-order valence-electron chi connectivity index (χ0n) is 12.5. The van der Waals surface area contributed by atoms with E-state index in [4.69, 9.17) is 0 Å². The lowest BCUT2D eigenvalue weighted by molar-refractivity contribution is 0.587. The Labute approximate surface area is 138 Å². The number of aromatic amines is 1. The number of nitrogens with one attached hydrogen (secondary N) is 2. The quantitative estimate of drug-likeness (QED) is 0.852. The van der Waals surface area contributed by atoms with Crippen molar-refractivity contribution >= 4 is 31.6 Å². The maximum Gasteiger partial charge on any atom is 0.272 e. The second-order valence-corrected chi connectivity index (χ2v) is 8.54. The second kappa shape index (κ2) is 5.89. The third-order valence-corrected chi connectivity index (χ3v) is 4.98. The largest absolute Gasteiger partial charge is 0.326 e. The molecule has 0 radical (unpaired) electrons. The Morgan fingerprint density at radius 2 is 1.73 bits per heavy atom. The van der Waals surface area contributed by atoms with Crippen molar-refractivity contribution in [1.29, 1.82) is 0 Å². The van der Waals surface area contributed by atoms with Crippen molar-refractivity contribution in [1.82, 2.24) is 4.98 Å².